The number of benzene rings is 2. The molecule has 2 N–H and O–H groups in total. The number of hydrogen-bond donors (Lipinski definition) is 2. The lowest BCUT2D eigenvalue weighted by Gasteiger charge is -2.24. The Bertz CT molecular complexity index is 1050. The first-order valence-corrected chi connectivity index (χ1v) is 9.10. The van der Waals surface area contributed by atoms with Crippen LogP contribution in [-0.2, 0) is 5.41 Å². The number of H-pyrrole nitrogens is 1. The largest absolute Gasteiger partial charge is 0.361 e. The number of nitrogens with one attached hydrogen (secondary N) is 2. The Morgan fingerprint density at radius 2 is 1.93 bits per heavy atom. The zero-order chi connectivity index (χ0) is 20.3. The van der Waals surface area contributed by atoms with E-state index in [1.165, 1.54) is 18.2 Å². The molecule has 28 heavy (non-hydrogen) atoms. The van der Waals surface area contributed by atoms with Crippen LogP contribution in [0.3, 0.4) is 0 Å². The van der Waals surface area contributed by atoms with Gasteiger partial charge in [-0.1, -0.05) is 25.4 Å². The maximum absolute atomic E-state index is 13.1. The van der Waals surface area contributed by atoms with Crippen LogP contribution in [0.2, 0.25) is 5.02 Å². The van der Waals surface area contributed by atoms with E-state index in [0.29, 0.717) is 17.1 Å². The van der Waals surface area contributed by atoms with Gasteiger partial charge in [0.15, 0.2) is 0 Å². The van der Waals surface area contributed by atoms with Crippen molar-refractivity contribution in [2.75, 3.05) is 6.54 Å². The number of carbonyl (C=O) groups excluding carboxylic acids is 1. The van der Waals surface area contributed by atoms with Gasteiger partial charge in [-0.2, -0.15) is 5.26 Å². The highest BCUT2D eigenvalue weighted by Crippen LogP contribution is 2.28. The molecular formula is C22H19ClFN3O. The van der Waals surface area contributed by atoms with Gasteiger partial charge in [-0.05, 0) is 59.7 Å². The van der Waals surface area contributed by atoms with Gasteiger partial charge in [-0.3, -0.25) is 4.79 Å². The first-order chi connectivity index (χ1) is 13.3. The van der Waals surface area contributed by atoms with E-state index in [2.05, 4.69) is 10.3 Å². The van der Waals surface area contributed by atoms with Crippen LogP contribution in [0.1, 0.15) is 35.3 Å². The first kappa shape index (κ1) is 19.7. The summed E-state index contributed by atoms with van der Waals surface area (Å²) in [6.07, 6.45) is 1.88. The van der Waals surface area contributed by atoms with E-state index in [-0.39, 0.29) is 22.7 Å². The van der Waals surface area contributed by atoms with Gasteiger partial charge in [0.1, 0.15) is 5.82 Å². The second-order valence-electron chi connectivity index (χ2n) is 7.18. The number of halogens is 2. The molecule has 3 aromatic rings. The average Bonchev–Trinajstić information content (AvgIpc) is 3.18. The van der Waals surface area contributed by atoms with Crippen molar-refractivity contribution in [2.24, 2.45) is 0 Å². The van der Waals surface area contributed by atoms with Crippen molar-refractivity contribution in [3.05, 3.63) is 82.3 Å². The smallest absolute Gasteiger partial charge is 0.252 e. The lowest BCUT2D eigenvalue weighted by molar-refractivity contribution is 0.0946. The highest BCUT2D eigenvalue weighted by molar-refractivity contribution is 6.33. The van der Waals surface area contributed by atoms with E-state index in [1.807, 2.05) is 32.2 Å². The molecule has 0 fully saturated rings. The number of aromatic amines is 1. The van der Waals surface area contributed by atoms with Crippen molar-refractivity contribution in [1.29, 1.82) is 5.26 Å². The maximum atomic E-state index is 13.1. The molecule has 0 atom stereocenters. The highest BCUT2D eigenvalue weighted by Gasteiger charge is 2.24. The monoisotopic (exact) mass is 395 g/mol. The predicted molar refractivity (Wildman–Crippen MR) is 108 cm³/mol. The summed E-state index contributed by atoms with van der Waals surface area (Å²) in [5, 5.41) is 12.2. The quantitative estimate of drug-likeness (QED) is 0.634. The molecule has 2 aromatic carbocycles. The van der Waals surface area contributed by atoms with Crippen molar-refractivity contribution in [1.82, 2.24) is 10.3 Å². The van der Waals surface area contributed by atoms with Crippen molar-refractivity contribution in [3.8, 4) is 17.3 Å². The molecule has 1 aromatic heterocycles. The van der Waals surface area contributed by atoms with Crippen LogP contribution < -0.4 is 5.32 Å². The van der Waals surface area contributed by atoms with Crippen molar-refractivity contribution in [3.63, 3.8) is 0 Å². The predicted octanol–water partition coefficient (Wildman–Crippen LogP) is 5.05. The van der Waals surface area contributed by atoms with E-state index in [4.69, 9.17) is 16.9 Å². The number of nitrogens with zero attached hydrogens (tertiary/aromatic N) is 1. The summed E-state index contributed by atoms with van der Waals surface area (Å²) >= 11 is 6.10. The first-order valence-electron chi connectivity index (χ1n) is 8.73. The summed E-state index contributed by atoms with van der Waals surface area (Å²) in [6, 6.07) is 14.8. The van der Waals surface area contributed by atoms with Gasteiger partial charge in [0, 0.05) is 23.9 Å². The third-order valence-electron chi connectivity index (χ3n) is 4.65. The fraction of sp³-hybridized carbons (Fsp3) is 0.182. The number of amides is 1. The van der Waals surface area contributed by atoms with Gasteiger partial charge in [-0.15, -0.1) is 0 Å². The SMILES string of the molecule is CC(C)(CNC(=O)c1cc(C#N)ccc1Cl)c1c[nH]c(-c2ccc(F)cc2)c1. The molecule has 0 spiro atoms. The normalized spacial score (nSPS) is 11.1. The molecule has 4 nitrogen and oxygen atoms in total. The molecule has 1 amide bonds. The van der Waals surface area contributed by atoms with Gasteiger partial charge < -0.3 is 10.3 Å². The van der Waals surface area contributed by atoms with Crippen LogP contribution in [0.5, 0.6) is 0 Å². The van der Waals surface area contributed by atoms with Gasteiger partial charge >= 0.3 is 0 Å². The summed E-state index contributed by atoms with van der Waals surface area (Å²) in [6.45, 7) is 4.40. The summed E-state index contributed by atoms with van der Waals surface area (Å²) < 4.78 is 13.1. The molecule has 6 heteroatoms. The Hall–Kier alpha value is -3.10. The molecule has 0 unspecified atom stereocenters. The number of nitriles is 1. The molecule has 142 valence electrons. The lowest BCUT2D eigenvalue weighted by atomic mass is 9.86. The third kappa shape index (κ3) is 4.24. The van der Waals surface area contributed by atoms with Gasteiger partial charge in [0.2, 0.25) is 0 Å². The maximum Gasteiger partial charge on any atom is 0.252 e. The number of aromatic nitrogens is 1. The Balaban J connectivity index is 1.73. The van der Waals surface area contributed by atoms with E-state index in [1.54, 1.807) is 24.3 Å². The van der Waals surface area contributed by atoms with Crippen molar-refractivity contribution >= 4 is 17.5 Å². The summed E-state index contributed by atoms with van der Waals surface area (Å²) in [7, 11) is 0. The molecular weight excluding hydrogens is 377 g/mol. The van der Waals surface area contributed by atoms with Gasteiger partial charge in [-0.25, -0.2) is 4.39 Å². The lowest BCUT2D eigenvalue weighted by Crippen LogP contribution is -2.36. The van der Waals surface area contributed by atoms with E-state index >= 15 is 0 Å². The van der Waals surface area contributed by atoms with Crippen LogP contribution in [0.25, 0.3) is 11.3 Å². The zero-order valence-corrected chi connectivity index (χ0v) is 16.3. The number of carbonyl (C=O) groups is 1. The summed E-state index contributed by atoms with van der Waals surface area (Å²) in [5.41, 5.74) is 3.06. The Morgan fingerprint density at radius 1 is 1.21 bits per heavy atom. The van der Waals surface area contributed by atoms with Crippen LogP contribution in [0.4, 0.5) is 4.39 Å². The molecule has 0 bridgehead atoms. The molecule has 0 aliphatic heterocycles. The molecule has 0 aliphatic carbocycles. The van der Waals surface area contributed by atoms with E-state index in [9.17, 15) is 9.18 Å². The topological polar surface area (TPSA) is 68.7 Å². The molecule has 0 radical (unpaired) electrons. The fourth-order valence-corrected chi connectivity index (χ4v) is 3.05. The van der Waals surface area contributed by atoms with Gasteiger partial charge in [0.05, 0.1) is 22.2 Å². The molecule has 0 saturated carbocycles. The minimum absolute atomic E-state index is 0.276. The Labute approximate surface area is 168 Å². The van der Waals surface area contributed by atoms with E-state index < -0.39 is 0 Å². The van der Waals surface area contributed by atoms with Crippen LogP contribution >= 0.6 is 11.6 Å². The molecule has 0 saturated heterocycles. The number of hydrogen-bond acceptors (Lipinski definition) is 2. The molecule has 0 aliphatic rings. The molecule has 1 heterocycles. The Kier molecular flexibility index (Phi) is 5.53. The standard InChI is InChI=1S/C22H19ClFN3O/c1-22(2,13-27-21(28)18-9-14(11-25)3-8-19(18)23)16-10-20(26-12-16)15-4-6-17(24)7-5-15/h3-10,12,26H,13H2,1-2H3,(H,27,28). The van der Waals surface area contributed by atoms with Crippen LogP contribution in [0.15, 0.2) is 54.7 Å². The molecule has 3 rings (SSSR count). The van der Waals surface area contributed by atoms with E-state index in [0.717, 1.165) is 16.8 Å². The second kappa shape index (κ2) is 7.87. The average molecular weight is 396 g/mol. The summed E-state index contributed by atoms with van der Waals surface area (Å²) in [5.74, 6) is -0.609. The highest BCUT2D eigenvalue weighted by atomic mass is 35.5. The minimum atomic E-state index is -0.357. The van der Waals surface area contributed by atoms with Crippen molar-refractivity contribution in [2.45, 2.75) is 19.3 Å². The van der Waals surface area contributed by atoms with Crippen molar-refractivity contribution < 1.29 is 9.18 Å². The third-order valence-corrected chi connectivity index (χ3v) is 4.98. The van der Waals surface area contributed by atoms with Gasteiger partial charge in [0.25, 0.3) is 5.91 Å². The van der Waals surface area contributed by atoms with Crippen LogP contribution in [-0.4, -0.2) is 17.4 Å². The minimum Gasteiger partial charge on any atom is -0.361 e. The Morgan fingerprint density at radius 3 is 2.61 bits per heavy atom. The number of rotatable bonds is 5. The van der Waals surface area contributed by atoms with Crippen LogP contribution in [0, 0.1) is 17.1 Å². The fourth-order valence-electron chi connectivity index (χ4n) is 2.85. The zero-order valence-electron chi connectivity index (χ0n) is 15.5. The summed E-state index contributed by atoms with van der Waals surface area (Å²) in [4.78, 5) is 15.7. The second-order valence-corrected chi connectivity index (χ2v) is 7.59.